The number of nitrogens with one attached hydrogen (secondary N) is 2. The molecule has 1 unspecified atom stereocenters. The summed E-state index contributed by atoms with van der Waals surface area (Å²) in [4.78, 5) is 20.1. The van der Waals surface area contributed by atoms with E-state index in [9.17, 15) is 4.79 Å². The average Bonchev–Trinajstić information content (AvgIpc) is 2.36. The Hall–Kier alpha value is -1.85. The molecule has 0 aliphatic rings. The van der Waals surface area contributed by atoms with E-state index in [1.54, 1.807) is 19.9 Å². The summed E-state index contributed by atoms with van der Waals surface area (Å²) in [7, 11) is 0. The van der Waals surface area contributed by atoms with Gasteiger partial charge in [0.15, 0.2) is 0 Å². The van der Waals surface area contributed by atoms with Crippen LogP contribution in [0.1, 0.15) is 32.9 Å². The van der Waals surface area contributed by atoms with Gasteiger partial charge >= 0.3 is 5.97 Å². The normalized spacial score (nSPS) is 11.8. The van der Waals surface area contributed by atoms with E-state index in [2.05, 4.69) is 27.5 Å². The molecule has 106 valence electrons. The SMILES string of the molecule is CCCNc1nc(C)cc(NC(C)C(=O)OCC)n1. The number of aryl methyl sites for hydroxylation is 1. The van der Waals surface area contributed by atoms with Crippen LogP contribution >= 0.6 is 0 Å². The highest BCUT2D eigenvalue weighted by atomic mass is 16.5. The van der Waals surface area contributed by atoms with E-state index in [0.717, 1.165) is 18.7 Å². The molecular weight excluding hydrogens is 244 g/mol. The fourth-order valence-electron chi connectivity index (χ4n) is 1.51. The zero-order valence-corrected chi connectivity index (χ0v) is 12.0. The number of anilines is 2. The van der Waals surface area contributed by atoms with Crippen molar-refractivity contribution in [3.8, 4) is 0 Å². The van der Waals surface area contributed by atoms with Crippen molar-refractivity contribution >= 4 is 17.7 Å². The van der Waals surface area contributed by atoms with Gasteiger partial charge in [-0.1, -0.05) is 6.92 Å². The number of esters is 1. The Morgan fingerprint density at radius 2 is 2.16 bits per heavy atom. The first-order valence-corrected chi connectivity index (χ1v) is 6.59. The highest BCUT2D eigenvalue weighted by Crippen LogP contribution is 2.11. The molecule has 1 rings (SSSR count). The van der Waals surface area contributed by atoms with Gasteiger partial charge in [0, 0.05) is 18.3 Å². The Morgan fingerprint density at radius 3 is 2.79 bits per heavy atom. The predicted molar refractivity (Wildman–Crippen MR) is 75.3 cm³/mol. The van der Waals surface area contributed by atoms with E-state index in [0.29, 0.717) is 18.4 Å². The fourth-order valence-corrected chi connectivity index (χ4v) is 1.51. The summed E-state index contributed by atoms with van der Waals surface area (Å²) >= 11 is 0. The standard InChI is InChI=1S/C13H22N4O2/c1-5-7-14-13-15-9(3)8-11(17-13)16-10(4)12(18)19-6-2/h8,10H,5-7H2,1-4H3,(H2,14,15,16,17). The molecule has 0 aliphatic heterocycles. The molecule has 0 saturated carbocycles. The van der Waals surface area contributed by atoms with Crippen LogP contribution in [0.15, 0.2) is 6.07 Å². The van der Waals surface area contributed by atoms with Crippen molar-refractivity contribution in [1.82, 2.24) is 9.97 Å². The molecule has 1 aromatic rings. The summed E-state index contributed by atoms with van der Waals surface area (Å²) in [5.41, 5.74) is 0.840. The average molecular weight is 266 g/mol. The minimum atomic E-state index is -0.437. The predicted octanol–water partition coefficient (Wildman–Crippen LogP) is 1.97. The van der Waals surface area contributed by atoms with E-state index in [4.69, 9.17) is 4.74 Å². The number of ether oxygens (including phenoxy) is 1. The maximum absolute atomic E-state index is 11.5. The third-order valence-electron chi connectivity index (χ3n) is 2.39. The Balaban J connectivity index is 2.71. The first-order valence-electron chi connectivity index (χ1n) is 6.59. The molecule has 1 heterocycles. The molecule has 0 amide bonds. The van der Waals surface area contributed by atoms with Gasteiger partial charge in [0.1, 0.15) is 11.9 Å². The second-order valence-electron chi connectivity index (χ2n) is 4.26. The van der Waals surface area contributed by atoms with Crippen LogP contribution in [0.4, 0.5) is 11.8 Å². The van der Waals surface area contributed by atoms with Crippen molar-refractivity contribution in [2.45, 2.75) is 40.2 Å². The third kappa shape index (κ3) is 5.11. The summed E-state index contributed by atoms with van der Waals surface area (Å²) in [5, 5.41) is 6.14. The minimum absolute atomic E-state index is 0.290. The van der Waals surface area contributed by atoms with Gasteiger partial charge in [0.05, 0.1) is 6.61 Å². The number of rotatable bonds is 7. The lowest BCUT2D eigenvalue weighted by molar-refractivity contribution is -0.143. The van der Waals surface area contributed by atoms with Crippen LogP contribution in [0.5, 0.6) is 0 Å². The molecular formula is C13H22N4O2. The molecule has 0 saturated heterocycles. The minimum Gasteiger partial charge on any atom is -0.464 e. The summed E-state index contributed by atoms with van der Waals surface area (Å²) in [6.45, 7) is 8.68. The topological polar surface area (TPSA) is 76.1 Å². The van der Waals surface area contributed by atoms with Crippen LogP contribution in [0, 0.1) is 6.92 Å². The van der Waals surface area contributed by atoms with Gasteiger partial charge in [-0.2, -0.15) is 4.98 Å². The summed E-state index contributed by atoms with van der Waals surface area (Å²) in [6.07, 6.45) is 0.999. The molecule has 6 nitrogen and oxygen atoms in total. The monoisotopic (exact) mass is 266 g/mol. The number of carbonyl (C=O) groups is 1. The lowest BCUT2D eigenvalue weighted by Crippen LogP contribution is -2.28. The second kappa shape index (κ2) is 7.56. The zero-order chi connectivity index (χ0) is 14.3. The van der Waals surface area contributed by atoms with Gasteiger partial charge in [0.25, 0.3) is 0 Å². The quantitative estimate of drug-likeness (QED) is 0.735. The van der Waals surface area contributed by atoms with E-state index < -0.39 is 6.04 Å². The molecule has 1 atom stereocenters. The second-order valence-corrected chi connectivity index (χ2v) is 4.26. The van der Waals surface area contributed by atoms with Crippen LogP contribution in [-0.2, 0) is 9.53 Å². The van der Waals surface area contributed by atoms with Crippen molar-refractivity contribution in [2.75, 3.05) is 23.8 Å². The Kier molecular flexibility index (Phi) is 6.05. The van der Waals surface area contributed by atoms with Gasteiger partial charge in [-0.05, 0) is 27.2 Å². The first kappa shape index (κ1) is 15.2. The Morgan fingerprint density at radius 1 is 1.42 bits per heavy atom. The van der Waals surface area contributed by atoms with Crippen molar-refractivity contribution in [1.29, 1.82) is 0 Å². The van der Waals surface area contributed by atoms with Crippen LogP contribution in [0.3, 0.4) is 0 Å². The maximum Gasteiger partial charge on any atom is 0.328 e. The van der Waals surface area contributed by atoms with Gasteiger partial charge < -0.3 is 15.4 Å². The Bertz CT molecular complexity index is 423. The van der Waals surface area contributed by atoms with E-state index in [1.165, 1.54) is 0 Å². The van der Waals surface area contributed by atoms with E-state index in [1.807, 2.05) is 6.92 Å². The molecule has 1 aromatic heterocycles. The van der Waals surface area contributed by atoms with Crippen LogP contribution in [0.25, 0.3) is 0 Å². The molecule has 0 bridgehead atoms. The zero-order valence-electron chi connectivity index (χ0n) is 12.0. The fraction of sp³-hybridized carbons (Fsp3) is 0.615. The highest BCUT2D eigenvalue weighted by Gasteiger charge is 2.14. The van der Waals surface area contributed by atoms with E-state index in [-0.39, 0.29) is 5.97 Å². The number of carbonyl (C=O) groups excluding carboxylic acids is 1. The lowest BCUT2D eigenvalue weighted by Gasteiger charge is -2.14. The molecule has 6 heteroatoms. The van der Waals surface area contributed by atoms with Gasteiger partial charge in [0.2, 0.25) is 5.95 Å². The molecule has 2 N–H and O–H groups in total. The van der Waals surface area contributed by atoms with Crippen molar-refractivity contribution in [3.63, 3.8) is 0 Å². The van der Waals surface area contributed by atoms with Gasteiger partial charge in [-0.25, -0.2) is 9.78 Å². The van der Waals surface area contributed by atoms with Crippen LogP contribution in [0.2, 0.25) is 0 Å². The number of nitrogens with zero attached hydrogens (tertiary/aromatic N) is 2. The molecule has 0 spiro atoms. The molecule has 0 fully saturated rings. The first-order chi connectivity index (χ1) is 9.06. The highest BCUT2D eigenvalue weighted by molar-refractivity contribution is 5.78. The number of hydrogen-bond acceptors (Lipinski definition) is 6. The van der Waals surface area contributed by atoms with Crippen LogP contribution < -0.4 is 10.6 Å². The molecule has 0 aliphatic carbocycles. The summed E-state index contributed by atoms with van der Waals surface area (Å²) in [5.74, 6) is 0.897. The summed E-state index contributed by atoms with van der Waals surface area (Å²) < 4.78 is 4.94. The van der Waals surface area contributed by atoms with Crippen molar-refractivity contribution in [3.05, 3.63) is 11.8 Å². The van der Waals surface area contributed by atoms with Gasteiger partial charge in [-0.3, -0.25) is 0 Å². The lowest BCUT2D eigenvalue weighted by atomic mass is 10.3. The number of aromatic nitrogens is 2. The molecule has 19 heavy (non-hydrogen) atoms. The molecule has 0 aromatic carbocycles. The Labute approximate surface area is 114 Å². The molecule has 0 radical (unpaired) electrons. The number of hydrogen-bond donors (Lipinski definition) is 2. The van der Waals surface area contributed by atoms with Crippen LogP contribution in [-0.4, -0.2) is 35.1 Å². The maximum atomic E-state index is 11.5. The van der Waals surface area contributed by atoms with Crippen molar-refractivity contribution in [2.24, 2.45) is 0 Å². The summed E-state index contributed by atoms with van der Waals surface area (Å²) in [6, 6.07) is 1.36. The van der Waals surface area contributed by atoms with E-state index >= 15 is 0 Å². The third-order valence-corrected chi connectivity index (χ3v) is 2.39. The largest absolute Gasteiger partial charge is 0.464 e. The van der Waals surface area contributed by atoms with Gasteiger partial charge in [-0.15, -0.1) is 0 Å². The van der Waals surface area contributed by atoms with Crippen molar-refractivity contribution < 1.29 is 9.53 Å². The smallest absolute Gasteiger partial charge is 0.328 e.